The molecule has 0 aliphatic rings. The highest BCUT2D eigenvalue weighted by atomic mass is 16.5. The second kappa shape index (κ2) is 9.46. The molecule has 0 aliphatic carbocycles. The maximum Gasteiger partial charge on any atom is 0.255 e. The zero-order valence-electron chi connectivity index (χ0n) is 15.1. The van der Waals surface area contributed by atoms with Crippen molar-refractivity contribution in [2.45, 2.75) is 26.7 Å². The summed E-state index contributed by atoms with van der Waals surface area (Å²) in [5.74, 6) is 0.381. The smallest absolute Gasteiger partial charge is 0.255 e. The number of carbonyl (C=O) groups is 2. The Bertz CT molecular complexity index is 774. The number of anilines is 1. The SMILES string of the molecule is CCCOc1ccc(C(=O)Nc2ccccc2CC(N)=O)cc1OCC. The van der Waals surface area contributed by atoms with E-state index in [1.165, 1.54) is 0 Å². The largest absolute Gasteiger partial charge is 0.490 e. The van der Waals surface area contributed by atoms with E-state index in [1.54, 1.807) is 42.5 Å². The Kier molecular flexibility index (Phi) is 7.02. The van der Waals surface area contributed by atoms with Crippen LogP contribution in [0.3, 0.4) is 0 Å². The number of ether oxygens (including phenoxy) is 2. The first kappa shape index (κ1) is 19.3. The van der Waals surface area contributed by atoms with Crippen LogP contribution in [0.4, 0.5) is 5.69 Å². The number of nitrogens with two attached hydrogens (primary N) is 1. The van der Waals surface area contributed by atoms with Gasteiger partial charge in [-0.2, -0.15) is 0 Å². The fourth-order valence-corrected chi connectivity index (χ4v) is 2.43. The Morgan fingerprint density at radius 1 is 1.04 bits per heavy atom. The first-order chi connectivity index (χ1) is 12.5. The van der Waals surface area contributed by atoms with Crippen LogP contribution in [-0.4, -0.2) is 25.0 Å². The Labute approximate surface area is 153 Å². The summed E-state index contributed by atoms with van der Waals surface area (Å²) < 4.78 is 11.2. The lowest BCUT2D eigenvalue weighted by molar-refractivity contribution is -0.117. The van der Waals surface area contributed by atoms with Crippen molar-refractivity contribution in [1.29, 1.82) is 0 Å². The molecule has 6 nitrogen and oxygen atoms in total. The van der Waals surface area contributed by atoms with Crippen molar-refractivity contribution in [2.24, 2.45) is 5.73 Å². The van der Waals surface area contributed by atoms with Crippen molar-refractivity contribution >= 4 is 17.5 Å². The van der Waals surface area contributed by atoms with Crippen LogP contribution in [0.1, 0.15) is 36.2 Å². The van der Waals surface area contributed by atoms with E-state index in [1.807, 2.05) is 13.8 Å². The molecule has 2 rings (SSSR count). The molecule has 26 heavy (non-hydrogen) atoms. The molecule has 0 fully saturated rings. The minimum Gasteiger partial charge on any atom is -0.490 e. The number of nitrogens with one attached hydrogen (secondary N) is 1. The monoisotopic (exact) mass is 356 g/mol. The van der Waals surface area contributed by atoms with Gasteiger partial charge in [0.1, 0.15) is 0 Å². The van der Waals surface area contributed by atoms with E-state index in [-0.39, 0.29) is 12.3 Å². The molecule has 0 aliphatic heterocycles. The van der Waals surface area contributed by atoms with Crippen LogP contribution in [-0.2, 0) is 11.2 Å². The molecular formula is C20H24N2O4. The third-order valence-corrected chi connectivity index (χ3v) is 3.60. The summed E-state index contributed by atoms with van der Waals surface area (Å²) in [6, 6.07) is 12.1. The molecule has 0 bridgehead atoms. The number of hydrogen-bond acceptors (Lipinski definition) is 4. The van der Waals surface area contributed by atoms with E-state index < -0.39 is 5.91 Å². The summed E-state index contributed by atoms with van der Waals surface area (Å²) in [4.78, 5) is 23.8. The fourth-order valence-electron chi connectivity index (χ4n) is 2.43. The molecule has 0 radical (unpaired) electrons. The van der Waals surface area contributed by atoms with Crippen LogP contribution in [0.15, 0.2) is 42.5 Å². The molecule has 3 N–H and O–H groups in total. The first-order valence-electron chi connectivity index (χ1n) is 8.62. The van der Waals surface area contributed by atoms with E-state index in [2.05, 4.69) is 5.32 Å². The summed E-state index contributed by atoms with van der Waals surface area (Å²) in [5, 5.41) is 2.82. The van der Waals surface area contributed by atoms with Crippen LogP contribution in [0.25, 0.3) is 0 Å². The highest BCUT2D eigenvalue weighted by Crippen LogP contribution is 2.29. The summed E-state index contributed by atoms with van der Waals surface area (Å²) in [5.41, 5.74) is 6.92. The molecule has 0 spiro atoms. The van der Waals surface area contributed by atoms with Crippen LogP contribution in [0.2, 0.25) is 0 Å². The summed E-state index contributed by atoms with van der Waals surface area (Å²) in [6.45, 7) is 4.93. The first-order valence-corrected chi connectivity index (χ1v) is 8.62. The number of benzene rings is 2. The summed E-state index contributed by atoms with van der Waals surface area (Å²) in [6.07, 6.45) is 0.939. The second-order valence-electron chi connectivity index (χ2n) is 5.70. The van der Waals surface area contributed by atoms with E-state index in [0.29, 0.717) is 41.5 Å². The maximum atomic E-state index is 12.6. The number of rotatable bonds is 9. The zero-order valence-corrected chi connectivity index (χ0v) is 15.1. The lowest BCUT2D eigenvalue weighted by Crippen LogP contribution is -2.17. The summed E-state index contributed by atoms with van der Waals surface area (Å²) in [7, 11) is 0. The Balaban J connectivity index is 2.22. The minimum absolute atomic E-state index is 0.0600. The maximum absolute atomic E-state index is 12.6. The van der Waals surface area contributed by atoms with E-state index in [9.17, 15) is 9.59 Å². The van der Waals surface area contributed by atoms with Crippen molar-refractivity contribution in [2.75, 3.05) is 18.5 Å². The molecule has 6 heteroatoms. The average molecular weight is 356 g/mol. The van der Waals surface area contributed by atoms with Gasteiger partial charge in [-0.15, -0.1) is 0 Å². The van der Waals surface area contributed by atoms with Gasteiger partial charge in [0, 0.05) is 11.3 Å². The number of amides is 2. The predicted molar refractivity (Wildman–Crippen MR) is 101 cm³/mol. The normalized spacial score (nSPS) is 10.2. The molecular weight excluding hydrogens is 332 g/mol. The molecule has 0 atom stereocenters. The van der Waals surface area contributed by atoms with Crippen molar-refractivity contribution in [3.63, 3.8) is 0 Å². The third kappa shape index (κ3) is 5.24. The van der Waals surface area contributed by atoms with Gasteiger partial charge in [0.2, 0.25) is 5.91 Å². The zero-order chi connectivity index (χ0) is 18.9. The molecule has 0 saturated heterocycles. The Hall–Kier alpha value is -3.02. The van der Waals surface area contributed by atoms with Crippen LogP contribution < -0.4 is 20.5 Å². The molecule has 0 unspecified atom stereocenters. The lowest BCUT2D eigenvalue weighted by Gasteiger charge is -2.14. The van der Waals surface area contributed by atoms with Gasteiger partial charge in [-0.1, -0.05) is 25.1 Å². The highest BCUT2D eigenvalue weighted by Gasteiger charge is 2.14. The molecule has 2 aromatic carbocycles. The molecule has 2 amide bonds. The van der Waals surface area contributed by atoms with Gasteiger partial charge in [-0.05, 0) is 43.2 Å². The second-order valence-corrected chi connectivity index (χ2v) is 5.70. The van der Waals surface area contributed by atoms with Gasteiger partial charge < -0.3 is 20.5 Å². The number of para-hydroxylation sites is 1. The topological polar surface area (TPSA) is 90.6 Å². The van der Waals surface area contributed by atoms with Crippen molar-refractivity contribution in [3.8, 4) is 11.5 Å². The number of hydrogen-bond donors (Lipinski definition) is 2. The number of primary amides is 1. The molecule has 2 aromatic rings. The average Bonchev–Trinajstić information content (AvgIpc) is 2.62. The third-order valence-electron chi connectivity index (χ3n) is 3.60. The molecule has 0 aromatic heterocycles. The summed E-state index contributed by atoms with van der Waals surface area (Å²) >= 11 is 0. The Morgan fingerprint density at radius 3 is 2.50 bits per heavy atom. The van der Waals surface area contributed by atoms with Gasteiger partial charge in [0.25, 0.3) is 5.91 Å². The van der Waals surface area contributed by atoms with Gasteiger partial charge in [-0.25, -0.2) is 0 Å². The van der Waals surface area contributed by atoms with Gasteiger partial charge in [-0.3, -0.25) is 9.59 Å². The standard InChI is InChI=1S/C20H24N2O4/c1-3-11-26-17-10-9-15(12-18(17)25-4-2)20(24)22-16-8-6-5-7-14(16)13-19(21)23/h5-10,12H,3-4,11,13H2,1-2H3,(H2,21,23)(H,22,24). The van der Waals surface area contributed by atoms with Crippen molar-refractivity contribution in [1.82, 2.24) is 0 Å². The van der Waals surface area contributed by atoms with Crippen LogP contribution in [0.5, 0.6) is 11.5 Å². The molecule has 0 saturated carbocycles. The van der Waals surface area contributed by atoms with Crippen LogP contribution in [0, 0.1) is 0 Å². The lowest BCUT2D eigenvalue weighted by atomic mass is 10.1. The van der Waals surface area contributed by atoms with Crippen LogP contribution >= 0.6 is 0 Å². The van der Waals surface area contributed by atoms with Crippen molar-refractivity contribution < 1.29 is 19.1 Å². The highest BCUT2D eigenvalue weighted by molar-refractivity contribution is 6.05. The predicted octanol–water partition coefficient (Wildman–Crippen LogP) is 3.15. The van der Waals surface area contributed by atoms with E-state index in [0.717, 1.165) is 6.42 Å². The van der Waals surface area contributed by atoms with Gasteiger partial charge in [0.05, 0.1) is 19.6 Å². The minimum atomic E-state index is -0.456. The molecule has 0 heterocycles. The van der Waals surface area contributed by atoms with Crippen molar-refractivity contribution in [3.05, 3.63) is 53.6 Å². The van der Waals surface area contributed by atoms with Gasteiger partial charge in [0.15, 0.2) is 11.5 Å². The van der Waals surface area contributed by atoms with E-state index >= 15 is 0 Å². The fraction of sp³-hybridized carbons (Fsp3) is 0.300. The van der Waals surface area contributed by atoms with E-state index in [4.69, 9.17) is 15.2 Å². The van der Waals surface area contributed by atoms with Gasteiger partial charge >= 0.3 is 0 Å². The quantitative estimate of drug-likeness (QED) is 0.722. The Morgan fingerprint density at radius 2 is 1.81 bits per heavy atom. The number of carbonyl (C=O) groups excluding carboxylic acids is 2. The molecule has 138 valence electrons.